The highest BCUT2D eigenvalue weighted by Gasteiger charge is 2.15. The predicted octanol–water partition coefficient (Wildman–Crippen LogP) is 1.61. The zero-order valence-corrected chi connectivity index (χ0v) is 13.6. The summed E-state index contributed by atoms with van der Waals surface area (Å²) in [6.45, 7) is 2.01. The average molecular weight is 319 g/mol. The fraction of sp³-hybridized carbons (Fsp3) is 0.529. The Kier molecular flexibility index (Phi) is 6.55. The van der Waals surface area contributed by atoms with Crippen LogP contribution in [0.2, 0.25) is 0 Å². The SMILES string of the molecule is CN(CCC1CCCCO1)CC(=O)Nc1ccc(C(N)=O)cc1. The molecule has 6 heteroatoms. The fourth-order valence-electron chi connectivity index (χ4n) is 2.64. The van der Waals surface area contributed by atoms with E-state index in [0.717, 1.165) is 32.4 Å². The number of benzene rings is 1. The number of amides is 2. The summed E-state index contributed by atoms with van der Waals surface area (Å²) in [5.74, 6) is -0.559. The van der Waals surface area contributed by atoms with Crippen molar-refractivity contribution in [3.63, 3.8) is 0 Å². The number of hydrogen-bond donors (Lipinski definition) is 2. The third-order valence-electron chi connectivity index (χ3n) is 3.97. The lowest BCUT2D eigenvalue weighted by molar-refractivity contribution is -0.117. The summed E-state index contributed by atoms with van der Waals surface area (Å²) in [4.78, 5) is 25.0. The van der Waals surface area contributed by atoms with Gasteiger partial charge in [0.15, 0.2) is 0 Å². The van der Waals surface area contributed by atoms with Gasteiger partial charge in [0.25, 0.3) is 0 Å². The number of primary amides is 1. The van der Waals surface area contributed by atoms with Gasteiger partial charge in [0.1, 0.15) is 0 Å². The van der Waals surface area contributed by atoms with Crippen LogP contribution in [0.3, 0.4) is 0 Å². The van der Waals surface area contributed by atoms with Gasteiger partial charge in [-0.05, 0) is 57.0 Å². The van der Waals surface area contributed by atoms with Crippen molar-refractivity contribution in [3.05, 3.63) is 29.8 Å². The van der Waals surface area contributed by atoms with Crippen molar-refractivity contribution in [3.8, 4) is 0 Å². The smallest absolute Gasteiger partial charge is 0.248 e. The van der Waals surface area contributed by atoms with Gasteiger partial charge in [-0.25, -0.2) is 0 Å². The maximum absolute atomic E-state index is 12.0. The second-order valence-electron chi connectivity index (χ2n) is 6.00. The van der Waals surface area contributed by atoms with Crippen molar-refractivity contribution in [2.45, 2.75) is 31.8 Å². The summed E-state index contributed by atoms with van der Waals surface area (Å²) in [7, 11) is 1.93. The molecule has 1 fully saturated rings. The van der Waals surface area contributed by atoms with Gasteiger partial charge in [0.05, 0.1) is 12.6 Å². The molecule has 1 saturated heterocycles. The fourth-order valence-corrected chi connectivity index (χ4v) is 2.64. The van der Waals surface area contributed by atoms with Crippen LogP contribution in [0.25, 0.3) is 0 Å². The lowest BCUT2D eigenvalue weighted by atomic mass is 10.1. The quantitative estimate of drug-likeness (QED) is 0.800. The number of carbonyl (C=O) groups is 2. The zero-order chi connectivity index (χ0) is 16.7. The van der Waals surface area contributed by atoms with Crippen molar-refractivity contribution in [1.29, 1.82) is 0 Å². The van der Waals surface area contributed by atoms with Gasteiger partial charge < -0.3 is 15.8 Å². The van der Waals surface area contributed by atoms with Crippen molar-refractivity contribution < 1.29 is 14.3 Å². The molecule has 6 nitrogen and oxygen atoms in total. The van der Waals surface area contributed by atoms with E-state index in [9.17, 15) is 9.59 Å². The highest BCUT2D eigenvalue weighted by molar-refractivity contribution is 5.95. The monoisotopic (exact) mass is 319 g/mol. The van der Waals surface area contributed by atoms with Gasteiger partial charge in [-0.15, -0.1) is 0 Å². The van der Waals surface area contributed by atoms with Crippen LogP contribution in [0.4, 0.5) is 5.69 Å². The second-order valence-corrected chi connectivity index (χ2v) is 6.00. The number of nitrogens with one attached hydrogen (secondary N) is 1. The van der Waals surface area contributed by atoms with Crippen LogP contribution >= 0.6 is 0 Å². The minimum Gasteiger partial charge on any atom is -0.378 e. The van der Waals surface area contributed by atoms with Crippen LogP contribution in [-0.4, -0.2) is 49.6 Å². The van der Waals surface area contributed by atoms with Crippen LogP contribution in [0.15, 0.2) is 24.3 Å². The number of nitrogens with zero attached hydrogens (tertiary/aromatic N) is 1. The summed E-state index contributed by atoms with van der Waals surface area (Å²) in [6, 6.07) is 6.55. The summed E-state index contributed by atoms with van der Waals surface area (Å²) in [6.07, 6.45) is 4.79. The van der Waals surface area contributed by atoms with Gasteiger partial charge in [0.2, 0.25) is 11.8 Å². The van der Waals surface area contributed by atoms with Gasteiger partial charge in [-0.1, -0.05) is 0 Å². The molecule has 1 aliphatic rings. The largest absolute Gasteiger partial charge is 0.378 e. The Bertz CT molecular complexity index is 524. The van der Waals surface area contributed by atoms with Crippen LogP contribution in [-0.2, 0) is 9.53 Å². The Hall–Kier alpha value is -1.92. The molecule has 2 rings (SSSR count). The molecule has 0 aromatic heterocycles. The highest BCUT2D eigenvalue weighted by Crippen LogP contribution is 2.15. The van der Waals surface area contributed by atoms with Gasteiger partial charge in [-0.3, -0.25) is 14.5 Å². The van der Waals surface area contributed by atoms with E-state index in [1.54, 1.807) is 24.3 Å². The summed E-state index contributed by atoms with van der Waals surface area (Å²) in [5.41, 5.74) is 6.26. The molecule has 23 heavy (non-hydrogen) atoms. The van der Waals surface area contributed by atoms with Crippen molar-refractivity contribution in [2.24, 2.45) is 5.73 Å². The van der Waals surface area contributed by atoms with Crippen LogP contribution in [0, 0.1) is 0 Å². The van der Waals surface area contributed by atoms with Gasteiger partial charge in [0, 0.05) is 24.4 Å². The minimum atomic E-state index is -0.479. The van der Waals surface area contributed by atoms with E-state index in [2.05, 4.69) is 5.32 Å². The predicted molar refractivity (Wildman–Crippen MR) is 89.3 cm³/mol. The molecular formula is C17H25N3O3. The Morgan fingerprint density at radius 1 is 1.30 bits per heavy atom. The molecule has 1 aromatic rings. The molecule has 1 aliphatic heterocycles. The molecule has 126 valence electrons. The highest BCUT2D eigenvalue weighted by atomic mass is 16.5. The topological polar surface area (TPSA) is 84.7 Å². The molecular weight excluding hydrogens is 294 g/mol. The maximum atomic E-state index is 12.0. The Balaban J connectivity index is 1.71. The molecule has 1 heterocycles. The molecule has 1 unspecified atom stereocenters. The molecule has 1 aromatic carbocycles. The zero-order valence-electron chi connectivity index (χ0n) is 13.6. The lowest BCUT2D eigenvalue weighted by Crippen LogP contribution is -2.33. The van der Waals surface area contributed by atoms with Crippen LogP contribution in [0.5, 0.6) is 0 Å². The first kappa shape index (κ1) is 17.4. The Labute approximate surface area is 137 Å². The van der Waals surface area contributed by atoms with E-state index in [-0.39, 0.29) is 5.91 Å². The average Bonchev–Trinajstić information content (AvgIpc) is 2.54. The molecule has 0 spiro atoms. The van der Waals surface area contributed by atoms with E-state index in [1.807, 2.05) is 11.9 Å². The molecule has 3 N–H and O–H groups in total. The van der Waals surface area contributed by atoms with Crippen LogP contribution < -0.4 is 11.1 Å². The van der Waals surface area contributed by atoms with Crippen molar-refractivity contribution >= 4 is 17.5 Å². The molecule has 0 aliphatic carbocycles. The number of ether oxygens (including phenoxy) is 1. The molecule has 0 saturated carbocycles. The van der Waals surface area contributed by atoms with Gasteiger partial charge >= 0.3 is 0 Å². The van der Waals surface area contributed by atoms with E-state index < -0.39 is 5.91 Å². The standard InChI is InChI=1S/C17H25N3O3/c1-20(10-9-15-4-2-3-11-23-15)12-16(21)19-14-7-5-13(6-8-14)17(18)22/h5-8,15H,2-4,9-12H2,1H3,(H2,18,22)(H,19,21). The summed E-state index contributed by atoms with van der Waals surface area (Å²) >= 11 is 0. The second kappa shape index (κ2) is 8.64. The molecule has 1 atom stereocenters. The first-order chi connectivity index (χ1) is 11.0. The third-order valence-corrected chi connectivity index (χ3v) is 3.97. The van der Waals surface area contributed by atoms with E-state index in [0.29, 0.717) is 23.9 Å². The number of anilines is 1. The first-order valence-corrected chi connectivity index (χ1v) is 8.04. The van der Waals surface area contributed by atoms with Crippen molar-refractivity contribution in [2.75, 3.05) is 32.1 Å². The number of hydrogen-bond acceptors (Lipinski definition) is 4. The number of nitrogens with two attached hydrogens (primary N) is 1. The third kappa shape index (κ3) is 6.00. The molecule has 0 radical (unpaired) electrons. The van der Waals surface area contributed by atoms with Gasteiger partial charge in [-0.2, -0.15) is 0 Å². The van der Waals surface area contributed by atoms with Crippen LogP contribution in [0.1, 0.15) is 36.0 Å². The Morgan fingerprint density at radius 2 is 2.04 bits per heavy atom. The lowest BCUT2D eigenvalue weighted by Gasteiger charge is -2.25. The first-order valence-electron chi connectivity index (χ1n) is 8.04. The van der Waals surface area contributed by atoms with E-state index in [4.69, 9.17) is 10.5 Å². The van der Waals surface area contributed by atoms with Crippen molar-refractivity contribution in [1.82, 2.24) is 4.90 Å². The minimum absolute atomic E-state index is 0.0797. The maximum Gasteiger partial charge on any atom is 0.248 e. The number of rotatable bonds is 7. The van der Waals surface area contributed by atoms with E-state index >= 15 is 0 Å². The summed E-state index contributed by atoms with van der Waals surface area (Å²) < 4.78 is 5.69. The summed E-state index contributed by atoms with van der Waals surface area (Å²) in [5, 5.41) is 2.81. The molecule has 0 bridgehead atoms. The number of carbonyl (C=O) groups excluding carboxylic acids is 2. The van der Waals surface area contributed by atoms with E-state index in [1.165, 1.54) is 6.42 Å². The Morgan fingerprint density at radius 3 is 2.65 bits per heavy atom. The normalized spacial score (nSPS) is 17.9. The number of likely N-dealkylation sites (N-methyl/N-ethyl adjacent to an activating group) is 1. The molecule has 2 amide bonds.